The van der Waals surface area contributed by atoms with E-state index < -0.39 is 24.9 Å². The molecule has 2 saturated heterocycles. The van der Waals surface area contributed by atoms with Crippen LogP contribution in [0, 0.1) is 0 Å². The molecule has 0 aromatic rings. The maximum absolute atomic E-state index is 12.3. The molecule has 0 N–H and O–H groups in total. The summed E-state index contributed by atoms with van der Waals surface area (Å²) >= 11 is 0. The molecule has 2 rings (SSSR count). The van der Waals surface area contributed by atoms with E-state index in [0.717, 1.165) is 4.90 Å². The zero-order chi connectivity index (χ0) is 15.5. The Morgan fingerprint density at radius 1 is 1.19 bits per heavy atom. The van der Waals surface area contributed by atoms with E-state index in [-0.39, 0.29) is 12.5 Å². The van der Waals surface area contributed by atoms with E-state index in [1.165, 1.54) is 0 Å². The number of morpholine rings is 1. The van der Waals surface area contributed by atoms with Crippen LogP contribution in [0.5, 0.6) is 0 Å². The molecule has 0 aromatic carbocycles. The predicted molar refractivity (Wildman–Crippen MR) is 64.5 cm³/mol. The second-order valence-corrected chi connectivity index (χ2v) is 4.96. The molecule has 21 heavy (non-hydrogen) atoms. The Morgan fingerprint density at radius 3 is 2.48 bits per heavy atom. The van der Waals surface area contributed by atoms with Crippen LogP contribution in [-0.4, -0.2) is 73.5 Å². The van der Waals surface area contributed by atoms with Gasteiger partial charge in [0.25, 0.3) is 0 Å². The van der Waals surface area contributed by atoms with Gasteiger partial charge in [0.05, 0.1) is 13.2 Å². The maximum Gasteiger partial charge on any atom is 0.422 e. The van der Waals surface area contributed by atoms with Crippen LogP contribution in [0.1, 0.15) is 12.8 Å². The standard InChI is InChI=1S/C12H17F3N2O4/c13-12(14,15)8-21-11(19)17-3-1-2-9(17)10(18)16-4-6-20-7-5-16/h9H,1-8H2. The number of carbonyl (C=O) groups excluding carboxylic acids is 2. The van der Waals surface area contributed by atoms with E-state index in [9.17, 15) is 22.8 Å². The van der Waals surface area contributed by atoms with Gasteiger partial charge in [-0.15, -0.1) is 0 Å². The van der Waals surface area contributed by atoms with Crippen LogP contribution in [-0.2, 0) is 14.3 Å². The Bertz CT molecular complexity index is 396. The first-order valence-electron chi connectivity index (χ1n) is 6.75. The summed E-state index contributed by atoms with van der Waals surface area (Å²) in [7, 11) is 0. The van der Waals surface area contributed by atoms with Crippen LogP contribution in [0.3, 0.4) is 0 Å². The van der Waals surface area contributed by atoms with Crippen molar-refractivity contribution in [1.82, 2.24) is 9.80 Å². The normalized spacial score (nSPS) is 23.3. The quantitative estimate of drug-likeness (QED) is 0.764. The molecule has 1 unspecified atom stereocenters. The van der Waals surface area contributed by atoms with Gasteiger partial charge in [0.1, 0.15) is 6.04 Å². The van der Waals surface area contributed by atoms with Crippen molar-refractivity contribution in [3.63, 3.8) is 0 Å². The van der Waals surface area contributed by atoms with Crippen LogP contribution >= 0.6 is 0 Å². The molecule has 0 aromatic heterocycles. The average Bonchev–Trinajstić information content (AvgIpc) is 2.93. The number of nitrogens with zero attached hydrogens (tertiary/aromatic N) is 2. The first kappa shape index (κ1) is 15.9. The largest absolute Gasteiger partial charge is 0.440 e. The number of hydrogen-bond donors (Lipinski definition) is 0. The molecule has 0 radical (unpaired) electrons. The van der Waals surface area contributed by atoms with Crippen molar-refractivity contribution in [1.29, 1.82) is 0 Å². The van der Waals surface area contributed by atoms with Crippen molar-refractivity contribution in [3.8, 4) is 0 Å². The van der Waals surface area contributed by atoms with E-state index in [2.05, 4.69) is 4.74 Å². The van der Waals surface area contributed by atoms with Gasteiger partial charge in [0, 0.05) is 19.6 Å². The maximum atomic E-state index is 12.3. The number of rotatable bonds is 2. The van der Waals surface area contributed by atoms with E-state index in [0.29, 0.717) is 39.1 Å². The molecule has 0 spiro atoms. The second kappa shape index (κ2) is 6.50. The summed E-state index contributed by atoms with van der Waals surface area (Å²) in [6.45, 7) is 0.313. The smallest absolute Gasteiger partial charge is 0.422 e. The first-order valence-corrected chi connectivity index (χ1v) is 6.75. The molecule has 1 atom stereocenters. The summed E-state index contributed by atoms with van der Waals surface area (Å²) in [6.07, 6.45) is -4.64. The van der Waals surface area contributed by atoms with Crippen LogP contribution in [0.25, 0.3) is 0 Å². The lowest BCUT2D eigenvalue weighted by Gasteiger charge is -2.32. The molecule has 2 amide bonds. The van der Waals surface area contributed by atoms with Gasteiger partial charge < -0.3 is 14.4 Å². The third-order valence-corrected chi connectivity index (χ3v) is 3.45. The minimum absolute atomic E-state index is 0.234. The van der Waals surface area contributed by atoms with Crippen molar-refractivity contribution in [2.75, 3.05) is 39.5 Å². The zero-order valence-electron chi connectivity index (χ0n) is 11.4. The molecule has 2 aliphatic heterocycles. The van der Waals surface area contributed by atoms with Crippen LogP contribution in [0.2, 0.25) is 0 Å². The molecule has 2 aliphatic rings. The Labute approximate surface area is 119 Å². The van der Waals surface area contributed by atoms with Gasteiger partial charge in [-0.1, -0.05) is 0 Å². The van der Waals surface area contributed by atoms with Crippen molar-refractivity contribution < 1.29 is 32.2 Å². The highest BCUT2D eigenvalue weighted by Crippen LogP contribution is 2.22. The van der Waals surface area contributed by atoms with Gasteiger partial charge in [0.15, 0.2) is 6.61 Å². The Kier molecular flexibility index (Phi) is 4.92. The fourth-order valence-corrected chi connectivity index (χ4v) is 2.46. The number of alkyl halides is 3. The number of amides is 2. The summed E-state index contributed by atoms with van der Waals surface area (Å²) in [5.41, 5.74) is 0. The number of halogens is 3. The summed E-state index contributed by atoms with van der Waals surface area (Å²) in [5, 5.41) is 0. The average molecular weight is 310 g/mol. The topological polar surface area (TPSA) is 59.1 Å². The van der Waals surface area contributed by atoms with E-state index >= 15 is 0 Å². The predicted octanol–water partition coefficient (Wildman–Crippen LogP) is 1.01. The monoisotopic (exact) mass is 310 g/mol. The molecule has 0 saturated carbocycles. The number of hydrogen-bond acceptors (Lipinski definition) is 4. The molecule has 0 bridgehead atoms. The Morgan fingerprint density at radius 2 is 1.86 bits per heavy atom. The van der Waals surface area contributed by atoms with Crippen molar-refractivity contribution >= 4 is 12.0 Å². The zero-order valence-corrected chi connectivity index (χ0v) is 11.4. The Hall–Kier alpha value is -1.51. The lowest BCUT2D eigenvalue weighted by molar-refractivity contribution is -0.163. The van der Waals surface area contributed by atoms with Gasteiger partial charge in [-0.05, 0) is 12.8 Å². The lowest BCUT2D eigenvalue weighted by atomic mass is 10.2. The minimum Gasteiger partial charge on any atom is -0.440 e. The molecule has 2 heterocycles. The fraction of sp³-hybridized carbons (Fsp3) is 0.833. The molecular formula is C12H17F3N2O4. The van der Waals surface area contributed by atoms with Crippen LogP contribution in [0.15, 0.2) is 0 Å². The highest BCUT2D eigenvalue weighted by Gasteiger charge is 2.39. The third-order valence-electron chi connectivity index (χ3n) is 3.45. The SMILES string of the molecule is O=C(C1CCCN1C(=O)OCC(F)(F)F)N1CCOCC1. The molecule has 6 nitrogen and oxygen atoms in total. The van der Waals surface area contributed by atoms with Gasteiger partial charge in [-0.3, -0.25) is 9.69 Å². The van der Waals surface area contributed by atoms with E-state index in [1.54, 1.807) is 4.90 Å². The number of ether oxygens (including phenoxy) is 2. The van der Waals surface area contributed by atoms with Crippen molar-refractivity contribution in [2.24, 2.45) is 0 Å². The van der Waals surface area contributed by atoms with Crippen LogP contribution in [0.4, 0.5) is 18.0 Å². The van der Waals surface area contributed by atoms with E-state index in [1.807, 2.05) is 0 Å². The summed E-state index contributed by atoms with van der Waals surface area (Å²) < 4.78 is 45.6. The van der Waals surface area contributed by atoms with Crippen molar-refractivity contribution in [2.45, 2.75) is 25.1 Å². The molecule has 2 fully saturated rings. The summed E-state index contributed by atoms with van der Waals surface area (Å²) in [6, 6.07) is -0.733. The van der Waals surface area contributed by atoms with Gasteiger partial charge >= 0.3 is 12.3 Å². The van der Waals surface area contributed by atoms with Crippen LogP contribution < -0.4 is 0 Å². The Balaban J connectivity index is 1.92. The molecular weight excluding hydrogens is 293 g/mol. The van der Waals surface area contributed by atoms with Gasteiger partial charge in [0.2, 0.25) is 5.91 Å². The van der Waals surface area contributed by atoms with Crippen molar-refractivity contribution in [3.05, 3.63) is 0 Å². The lowest BCUT2D eigenvalue weighted by Crippen LogP contribution is -2.51. The number of likely N-dealkylation sites (tertiary alicyclic amines) is 1. The molecule has 9 heteroatoms. The van der Waals surface area contributed by atoms with Gasteiger partial charge in [-0.2, -0.15) is 13.2 Å². The summed E-state index contributed by atoms with van der Waals surface area (Å²) in [5.74, 6) is -0.250. The first-order chi connectivity index (χ1) is 9.88. The minimum atomic E-state index is -4.57. The fourth-order valence-electron chi connectivity index (χ4n) is 2.46. The highest BCUT2D eigenvalue weighted by atomic mass is 19.4. The number of carbonyl (C=O) groups is 2. The third kappa shape index (κ3) is 4.23. The summed E-state index contributed by atoms with van der Waals surface area (Å²) in [4.78, 5) is 26.7. The second-order valence-electron chi connectivity index (χ2n) is 4.96. The van der Waals surface area contributed by atoms with E-state index in [4.69, 9.17) is 4.74 Å². The highest BCUT2D eigenvalue weighted by molar-refractivity contribution is 5.86. The van der Waals surface area contributed by atoms with Gasteiger partial charge in [-0.25, -0.2) is 4.79 Å². The molecule has 0 aliphatic carbocycles. The molecule has 120 valence electrons.